The number of piperidine rings is 1. The molecule has 1 fully saturated rings. The van der Waals surface area contributed by atoms with Crippen LogP contribution in [0.25, 0.3) is 11.3 Å². The molecule has 0 N–H and O–H groups in total. The Morgan fingerprint density at radius 3 is 2.56 bits per heavy atom. The molecule has 11 heteroatoms. The Hall–Kier alpha value is -3.34. The molecule has 0 aliphatic carbocycles. The first-order chi connectivity index (χ1) is 17.2. The molecular formula is C25H25F3N4O3S. The molecule has 1 aromatic carbocycles. The van der Waals surface area contributed by atoms with Crippen LogP contribution in [-0.4, -0.2) is 46.4 Å². The van der Waals surface area contributed by atoms with E-state index in [9.17, 15) is 22.8 Å². The first kappa shape index (κ1) is 25.7. The minimum atomic E-state index is -4.45. The van der Waals surface area contributed by atoms with Crippen LogP contribution < -0.4 is 4.90 Å². The van der Waals surface area contributed by atoms with E-state index in [4.69, 9.17) is 4.74 Å². The van der Waals surface area contributed by atoms with Crippen molar-refractivity contribution in [1.29, 1.82) is 0 Å². The number of ether oxygens (including phenoxy) is 1. The van der Waals surface area contributed by atoms with Gasteiger partial charge in [-0.05, 0) is 38.3 Å². The fraction of sp³-hybridized carbons (Fsp3) is 0.400. The maximum Gasteiger partial charge on any atom is 0.416 e. The van der Waals surface area contributed by atoms with Gasteiger partial charge in [0.25, 0.3) is 0 Å². The van der Waals surface area contributed by atoms with Crippen LogP contribution in [0.3, 0.4) is 0 Å². The van der Waals surface area contributed by atoms with Crippen LogP contribution in [0.15, 0.2) is 36.0 Å². The standard InChI is InChI=1S/C25H25F3N4O3S/c1-3-35-24(34)16-6-8-32(9-7-16)22-13-29-19(12-30-22)21(33)11-23-31-20(14-36-23)17-5-4-15(2)18(10-17)25(26,27)28/h4-5,10,12-14,16H,3,6-9,11H2,1-2H3. The molecule has 3 aromatic rings. The van der Waals surface area contributed by atoms with E-state index in [0.717, 1.165) is 6.07 Å². The van der Waals surface area contributed by atoms with Crippen LogP contribution in [0.4, 0.5) is 19.0 Å². The highest BCUT2D eigenvalue weighted by atomic mass is 32.1. The number of halogens is 3. The Morgan fingerprint density at radius 2 is 1.92 bits per heavy atom. The molecule has 1 aliphatic rings. The van der Waals surface area contributed by atoms with Crippen LogP contribution >= 0.6 is 11.3 Å². The van der Waals surface area contributed by atoms with Crippen molar-refractivity contribution >= 4 is 28.9 Å². The topological polar surface area (TPSA) is 85.3 Å². The molecule has 1 saturated heterocycles. The molecule has 0 atom stereocenters. The summed E-state index contributed by atoms with van der Waals surface area (Å²) < 4.78 is 44.8. The van der Waals surface area contributed by atoms with Crippen LogP contribution in [0.5, 0.6) is 0 Å². The molecule has 7 nitrogen and oxygen atoms in total. The van der Waals surface area contributed by atoms with Gasteiger partial charge in [-0.25, -0.2) is 15.0 Å². The third kappa shape index (κ3) is 5.89. The Labute approximate surface area is 210 Å². The number of benzene rings is 1. The van der Waals surface area contributed by atoms with Crippen LogP contribution in [0.1, 0.15) is 46.4 Å². The molecule has 0 spiro atoms. The highest BCUT2D eigenvalue weighted by Gasteiger charge is 2.32. The Balaban J connectivity index is 1.37. The summed E-state index contributed by atoms with van der Waals surface area (Å²) in [5.74, 6) is 0.0666. The number of thiazole rings is 1. The third-order valence-electron chi connectivity index (χ3n) is 6.07. The first-order valence-corrected chi connectivity index (χ1v) is 12.4. The molecule has 4 rings (SSSR count). The van der Waals surface area contributed by atoms with Crippen molar-refractivity contribution in [2.75, 3.05) is 24.6 Å². The lowest BCUT2D eigenvalue weighted by Crippen LogP contribution is -2.37. The van der Waals surface area contributed by atoms with Crippen molar-refractivity contribution in [2.45, 2.75) is 39.3 Å². The molecule has 190 valence electrons. The molecule has 1 aliphatic heterocycles. The molecule has 2 aromatic heterocycles. The molecule has 0 amide bonds. The number of hydrogen-bond acceptors (Lipinski definition) is 8. The molecule has 3 heterocycles. The molecule has 0 unspecified atom stereocenters. The van der Waals surface area contributed by atoms with Crippen molar-refractivity contribution < 1.29 is 27.5 Å². The van der Waals surface area contributed by atoms with Gasteiger partial charge in [0.15, 0.2) is 5.78 Å². The lowest BCUT2D eigenvalue weighted by Gasteiger charge is -2.31. The van der Waals surface area contributed by atoms with E-state index >= 15 is 0 Å². The number of rotatable bonds is 7. The van der Waals surface area contributed by atoms with E-state index < -0.39 is 11.7 Å². The molecular weight excluding hydrogens is 493 g/mol. The van der Waals surface area contributed by atoms with Crippen LogP contribution in [0, 0.1) is 12.8 Å². The SMILES string of the molecule is CCOC(=O)C1CCN(c2cnc(C(=O)Cc3nc(-c4ccc(C)c(C(F)(F)F)c4)cs3)cn2)CC1. The predicted molar refractivity (Wildman–Crippen MR) is 129 cm³/mol. The van der Waals surface area contributed by atoms with Gasteiger partial charge >= 0.3 is 12.1 Å². The van der Waals surface area contributed by atoms with Gasteiger partial charge in [-0.2, -0.15) is 13.2 Å². The Morgan fingerprint density at radius 1 is 1.17 bits per heavy atom. The monoisotopic (exact) mass is 518 g/mol. The van der Waals surface area contributed by atoms with Crippen molar-refractivity contribution in [3.05, 3.63) is 57.8 Å². The number of esters is 1. The van der Waals surface area contributed by atoms with Crippen LogP contribution in [0.2, 0.25) is 0 Å². The Bertz CT molecular complexity index is 1240. The molecule has 0 saturated carbocycles. The van der Waals surface area contributed by atoms with Crippen molar-refractivity contribution in [1.82, 2.24) is 15.0 Å². The number of aromatic nitrogens is 3. The van der Waals surface area contributed by atoms with E-state index in [1.54, 1.807) is 18.4 Å². The number of anilines is 1. The van der Waals surface area contributed by atoms with Crippen molar-refractivity contribution in [2.24, 2.45) is 5.92 Å². The van der Waals surface area contributed by atoms with Gasteiger partial charge in [0, 0.05) is 24.0 Å². The summed E-state index contributed by atoms with van der Waals surface area (Å²) in [6, 6.07) is 4.08. The van der Waals surface area contributed by atoms with Gasteiger partial charge in [0.2, 0.25) is 0 Å². The lowest BCUT2D eigenvalue weighted by atomic mass is 9.97. The number of ketones is 1. The summed E-state index contributed by atoms with van der Waals surface area (Å²) >= 11 is 1.21. The zero-order chi connectivity index (χ0) is 25.9. The number of carbonyl (C=O) groups excluding carboxylic acids is 2. The number of aryl methyl sites for hydroxylation is 1. The lowest BCUT2D eigenvalue weighted by molar-refractivity contribution is -0.148. The summed E-state index contributed by atoms with van der Waals surface area (Å²) in [5.41, 5.74) is 0.361. The highest BCUT2D eigenvalue weighted by molar-refractivity contribution is 7.10. The van der Waals surface area contributed by atoms with Gasteiger partial charge < -0.3 is 9.64 Å². The third-order valence-corrected chi connectivity index (χ3v) is 6.91. The van der Waals surface area contributed by atoms with Crippen molar-refractivity contribution in [3.8, 4) is 11.3 Å². The molecule has 0 radical (unpaired) electrons. The molecule has 36 heavy (non-hydrogen) atoms. The number of hydrogen-bond donors (Lipinski definition) is 0. The van der Waals surface area contributed by atoms with E-state index in [-0.39, 0.29) is 35.3 Å². The van der Waals surface area contributed by atoms with Crippen molar-refractivity contribution in [3.63, 3.8) is 0 Å². The number of alkyl halides is 3. The van der Waals surface area contributed by atoms with Crippen LogP contribution in [-0.2, 0) is 22.1 Å². The fourth-order valence-electron chi connectivity index (χ4n) is 4.07. The second-order valence-corrected chi connectivity index (χ2v) is 9.47. The zero-order valence-electron chi connectivity index (χ0n) is 19.8. The maximum absolute atomic E-state index is 13.2. The Kier molecular flexibility index (Phi) is 7.67. The maximum atomic E-state index is 13.2. The normalized spacial score (nSPS) is 14.6. The van der Waals surface area contributed by atoms with E-state index in [0.29, 0.717) is 54.6 Å². The molecule has 0 bridgehead atoms. The minimum absolute atomic E-state index is 0.0262. The number of nitrogens with zero attached hydrogens (tertiary/aromatic N) is 4. The van der Waals surface area contributed by atoms with Gasteiger partial charge in [0.1, 0.15) is 16.5 Å². The highest BCUT2D eigenvalue weighted by Crippen LogP contribution is 2.35. The predicted octanol–water partition coefficient (Wildman–Crippen LogP) is 5.13. The van der Waals surface area contributed by atoms with E-state index in [2.05, 4.69) is 15.0 Å². The average molecular weight is 519 g/mol. The van der Waals surface area contributed by atoms with Gasteiger partial charge in [-0.3, -0.25) is 9.59 Å². The second-order valence-electron chi connectivity index (χ2n) is 8.53. The quantitative estimate of drug-likeness (QED) is 0.317. The smallest absolute Gasteiger partial charge is 0.416 e. The largest absolute Gasteiger partial charge is 0.466 e. The number of carbonyl (C=O) groups is 2. The van der Waals surface area contributed by atoms with E-state index in [1.165, 1.54) is 36.7 Å². The van der Waals surface area contributed by atoms with Gasteiger partial charge in [-0.15, -0.1) is 11.3 Å². The summed E-state index contributed by atoms with van der Waals surface area (Å²) in [7, 11) is 0. The minimum Gasteiger partial charge on any atom is -0.466 e. The summed E-state index contributed by atoms with van der Waals surface area (Å²) in [4.78, 5) is 39.6. The first-order valence-electron chi connectivity index (χ1n) is 11.5. The summed E-state index contributed by atoms with van der Waals surface area (Å²) in [5, 5.41) is 2.12. The summed E-state index contributed by atoms with van der Waals surface area (Å²) in [6.07, 6.45) is -0.189. The fourth-order valence-corrected chi connectivity index (χ4v) is 4.87. The second kappa shape index (κ2) is 10.7. The average Bonchev–Trinajstić information content (AvgIpc) is 3.32. The van der Waals surface area contributed by atoms with Gasteiger partial charge in [-0.1, -0.05) is 12.1 Å². The number of Topliss-reactive ketones (excluding diaryl/α,β-unsaturated/α-hetero) is 1. The van der Waals surface area contributed by atoms with E-state index in [1.807, 2.05) is 4.90 Å². The summed E-state index contributed by atoms with van der Waals surface area (Å²) in [6.45, 7) is 4.85. The van der Waals surface area contributed by atoms with Gasteiger partial charge in [0.05, 0.1) is 42.6 Å². The zero-order valence-corrected chi connectivity index (χ0v) is 20.7.